The van der Waals surface area contributed by atoms with Crippen LogP contribution in [0.1, 0.15) is 10.4 Å². The Bertz CT molecular complexity index is 673. The molecule has 0 spiro atoms. The van der Waals surface area contributed by atoms with E-state index in [0.29, 0.717) is 10.9 Å². The maximum atomic E-state index is 10.8. The number of aliphatic hydroxyl groups is 1. The van der Waals surface area contributed by atoms with Gasteiger partial charge in [-0.05, 0) is 17.7 Å². The van der Waals surface area contributed by atoms with Crippen LogP contribution in [0.5, 0.6) is 0 Å². The minimum Gasteiger partial charge on any atom is -0.548 e. The number of carbonyl (C=O) groups excluding carboxylic acids is 2. The molecule has 1 atom stereocenters. The number of benzene rings is 1. The second-order valence-corrected chi connectivity index (χ2v) is 3.94. The van der Waals surface area contributed by atoms with E-state index in [-0.39, 0.29) is 11.4 Å². The number of carbonyl (C=O) groups is 2. The first-order valence-corrected chi connectivity index (χ1v) is 5.57. The summed E-state index contributed by atoms with van der Waals surface area (Å²) in [6.07, 6.45) is 1.15. The van der Waals surface area contributed by atoms with Gasteiger partial charge < -0.3 is 30.2 Å². The van der Waals surface area contributed by atoms with Crippen LogP contribution >= 0.6 is 0 Å². The topological polar surface area (TPSA) is 138 Å². The highest BCUT2D eigenvalue weighted by Gasteiger charge is 2.12. The molecule has 0 bridgehead atoms. The average molecular weight is 275 g/mol. The molecule has 1 aromatic heterocycles. The maximum absolute atomic E-state index is 10.8. The Morgan fingerprint density at radius 2 is 2.05 bits per heavy atom. The molecule has 0 aliphatic heterocycles. The van der Waals surface area contributed by atoms with Crippen molar-refractivity contribution in [3.8, 4) is 0 Å². The lowest BCUT2D eigenvalue weighted by molar-refractivity contribution is -0.307. The van der Waals surface area contributed by atoms with Crippen molar-refractivity contribution in [1.29, 1.82) is 0 Å². The average Bonchev–Trinajstić information content (AvgIpc) is 2.43. The molecule has 1 heterocycles. The number of aromatic carboxylic acids is 1. The predicted octanol–water partition coefficient (Wildman–Crippen LogP) is -2.48. The van der Waals surface area contributed by atoms with Gasteiger partial charge in [-0.2, -0.15) is 0 Å². The first-order valence-electron chi connectivity index (χ1n) is 5.57. The van der Waals surface area contributed by atoms with Gasteiger partial charge in [0.05, 0.1) is 30.1 Å². The molecular weight excluding hydrogens is 266 g/mol. The normalized spacial score (nSPS) is 12.1. The van der Waals surface area contributed by atoms with Gasteiger partial charge in [0.15, 0.2) is 0 Å². The lowest BCUT2D eigenvalue weighted by Gasteiger charge is -2.18. The molecule has 0 aliphatic rings. The SMILES string of the molecule is O=C([O-])c1ccc2c(N[C@@H](CO)C(=O)[O-])ncnc2c1. The van der Waals surface area contributed by atoms with E-state index in [2.05, 4.69) is 15.3 Å². The highest BCUT2D eigenvalue weighted by Crippen LogP contribution is 2.20. The molecule has 104 valence electrons. The summed E-state index contributed by atoms with van der Waals surface area (Å²) >= 11 is 0. The summed E-state index contributed by atoms with van der Waals surface area (Å²) in [5, 5.41) is 33.3. The molecule has 0 radical (unpaired) electrons. The molecule has 0 amide bonds. The number of anilines is 1. The van der Waals surface area contributed by atoms with Crippen LogP contribution in [0.4, 0.5) is 5.82 Å². The molecule has 1 aromatic carbocycles. The Hall–Kier alpha value is -2.74. The summed E-state index contributed by atoms with van der Waals surface area (Å²) < 4.78 is 0. The standard InChI is InChI=1S/C12H11N3O5/c16-4-9(12(19)20)15-10-7-2-1-6(11(17)18)3-8(7)13-5-14-10/h1-3,5,9,16H,4H2,(H,17,18)(H,19,20)(H,13,14,15)/p-2/t9-/m0/s1. The van der Waals surface area contributed by atoms with Crippen molar-refractivity contribution in [2.24, 2.45) is 0 Å². The Labute approximate surface area is 112 Å². The number of carboxylic acid groups (broad SMARTS) is 2. The van der Waals surface area contributed by atoms with Crippen LogP contribution in [0.3, 0.4) is 0 Å². The molecule has 0 fully saturated rings. The van der Waals surface area contributed by atoms with Crippen molar-refractivity contribution in [2.75, 3.05) is 11.9 Å². The van der Waals surface area contributed by atoms with Crippen molar-refractivity contribution in [2.45, 2.75) is 6.04 Å². The maximum Gasteiger partial charge on any atom is 0.137 e. The van der Waals surface area contributed by atoms with Crippen molar-refractivity contribution >= 4 is 28.7 Å². The van der Waals surface area contributed by atoms with Crippen molar-refractivity contribution in [3.05, 3.63) is 30.1 Å². The Morgan fingerprint density at radius 3 is 2.65 bits per heavy atom. The number of hydrogen-bond donors (Lipinski definition) is 2. The van der Waals surface area contributed by atoms with Gasteiger partial charge in [0.25, 0.3) is 0 Å². The van der Waals surface area contributed by atoms with Gasteiger partial charge in [-0.3, -0.25) is 0 Å². The zero-order valence-electron chi connectivity index (χ0n) is 10.1. The second-order valence-electron chi connectivity index (χ2n) is 3.94. The third kappa shape index (κ3) is 2.64. The number of carboxylic acids is 2. The molecule has 0 unspecified atom stereocenters. The van der Waals surface area contributed by atoms with E-state index in [1.165, 1.54) is 18.2 Å². The van der Waals surface area contributed by atoms with Crippen LogP contribution in [0, 0.1) is 0 Å². The molecule has 0 aliphatic carbocycles. The number of hydrogen-bond acceptors (Lipinski definition) is 8. The largest absolute Gasteiger partial charge is 0.548 e. The highest BCUT2D eigenvalue weighted by atomic mass is 16.4. The van der Waals surface area contributed by atoms with Crippen LogP contribution in [0.25, 0.3) is 10.9 Å². The molecular formula is C12H9N3O5-2. The van der Waals surface area contributed by atoms with E-state index in [1.54, 1.807) is 0 Å². The molecule has 2 rings (SSSR count). The van der Waals surface area contributed by atoms with E-state index in [9.17, 15) is 19.8 Å². The number of aromatic nitrogens is 2. The zero-order valence-corrected chi connectivity index (χ0v) is 10.1. The monoisotopic (exact) mass is 275 g/mol. The number of aliphatic carboxylic acids is 1. The van der Waals surface area contributed by atoms with Crippen molar-refractivity contribution in [3.63, 3.8) is 0 Å². The molecule has 0 saturated carbocycles. The number of nitrogens with zero attached hydrogens (tertiary/aromatic N) is 2. The van der Waals surface area contributed by atoms with Crippen LogP contribution < -0.4 is 15.5 Å². The number of aliphatic hydroxyl groups excluding tert-OH is 1. The van der Waals surface area contributed by atoms with Gasteiger partial charge in [0, 0.05) is 5.39 Å². The smallest absolute Gasteiger partial charge is 0.137 e. The quantitative estimate of drug-likeness (QED) is 0.611. The fourth-order valence-corrected chi connectivity index (χ4v) is 1.64. The fraction of sp³-hybridized carbons (Fsp3) is 0.167. The van der Waals surface area contributed by atoms with Gasteiger partial charge in [-0.1, -0.05) is 6.07 Å². The van der Waals surface area contributed by atoms with E-state index in [1.807, 2.05) is 0 Å². The van der Waals surface area contributed by atoms with Gasteiger partial charge >= 0.3 is 0 Å². The number of rotatable bonds is 5. The van der Waals surface area contributed by atoms with Crippen LogP contribution in [-0.2, 0) is 4.79 Å². The number of nitrogens with one attached hydrogen (secondary N) is 1. The second kappa shape index (κ2) is 5.49. The van der Waals surface area contributed by atoms with Gasteiger partial charge in [-0.15, -0.1) is 0 Å². The number of fused-ring (bicyclic) bond motifs is 1. The Morgan fingerprint density at radius 1 is 1.30 bits per heavy atom. The fourth-order valence-electron chi connectivity index (χ4n) is 1.64. The summed E-state index contributed by atoms with van der Waals surface area (Å²) in [7, 11) is 0. The van der Waals surface area contributed by atoms with Gasteiger partial charge in [-0.25, -0.2) is 9.97 Å². The molecule has 2 N–H and O–H groups in total. The molecule has 20 heavy (non-hydrogen) atoms. The minimum atomic E-state index is -1.48. The van der Waals surface area contributed by atoms with Crippen molar-refractivity contribution in [1.82, 2.24) is 9.97 Å². The summed E-state index contributed by atoms with van der Waals surface area (Å²) in [6.45, 7) is -0.676. The van der Waals surface area contributed by atoms with Crippen LogP contribution in [-0.4, -0.2) is 39.7 Å². The zero-order chi connectivity index (χ0) is 14.7. The molecule has 8 nitrogen and oxygen atoms in total. The summed E-state index contributed by atoms with van der Waals surface area (Å²) in [5.74, 6) is -2.67. The van der Waals surface area contributed by atoms with E-state index >= 15 is 0 Å². The third-order valence-electron chi connectivity index (χ3n) is 2.65. The minimum absolute atomic E-state index is 0.0549. The molecule has 2 aromatic rings. The van der Waals surface area contributed by atoms with Crippen LogP contribution in [0.2, 0.25) is 0 Å². The predicted molar refractivity (Wildman–Crippen MR) is 63.4 cm³/mol. The van der Waals surface area contributed by atoms with Gasteiger partial charge in [0.1, 0.15) is 12.1 Å². The molecule has 8 heteroatoms. The highest BCUT2D eigenvalue weighted by molar-refractivity contribution is 5.96. The third-order valence-corrected chi connectivity index (χ3v) is 2.65. The molecule has 0 saturated heterocycles. The van der Waals surface area contributed by atoms with E-state index < -0.39 is 24.6 Å². The Balaban J connectivity index is 2.44. The summed E-state index contributed by atoms with van der Waals surface area (Å²) in [4.78, 5) is 29.3. The van der Waals surface area contributed by atoms with Crippen LogP contribution in [0.15, 0.2) is 24.5 Å². The van der Waals surface area contributed by atoms with E-state index in [4.69, 9.17) is 5.11 Å². The lowest BCUT2D eigenvalue weighted by atomic mass is 10.1. The van der Waals surface area contributed by atoms with E-state index in [0.717, 1.165) is 6.33 Å². The van der Waals surface area contributed by atoms with Crippen molar-refractivity contribution < 1.29 is 24.9 Å². The first-order chi connectivity index (χ1) is 9.52. The van der Waals surface area contributed by atoms with Gasteiger partial charge in [0.2, 0.25) is 0 Å². The lowest BCUT2D eigenvalue weighted by Crippen LogP contribution is -2.43. The summed E-state index contributed by atoms with van der Waals surface area (Å²) in [6, 6.07) is 2.67. The first kappa shape index (κ1) is 13.7. The summed E-state index contributed by atoms with van der Waals surface area (Å²) in [5.41, 5.74) is 0.250. The Kier molecular flexibility index (Phi) is 3.76.